The number of anilines is 2. The summed E-state index contributed by atoms with van der Waals surface area (Å²) in [5, 5.41) is 0. The number of ketones is 1. The number of piperidine rings is 1. The van der Waals surface area contributed by atoms with Crippen LogP contribution in [0.25, 0.3) is 11.1 Å². The van der Waals surface area contributed by atoms with Gasteiger partial charge >= 0.3 is 12.4 Å². The number of alkyl halides is 6. The molecule has 2 heterocycles. The third-order valence-electron chi connectivity index (χ3n) is 7.50. The summed E-state index contributed by atoms with van der Waals surface area (Å²) in [5.74, 6) is -0.669. The molecule has 12 heteroatoms. The predicted molar refractivity (Wildman–Crippen MR) is 144 cm³/mol. The average Bonchev–Trinajstić information content (AvgIpc) is 2.91. The van der Waals surface area contributed by atoms with Crippen molar-refractivity contribution in [2.24, 2.45) is 0 Å². The maximum absolute atomic E-state index is 14.0. The van der Waals surface area contributed by atoms with Gasteiger partial charge in [0.2, 0.25) is 5.91 Å². The largest absolute Gasteiger partial charge is 0.416 e. The Balaban J connectivity index is 1.81. The highest BCUT2D eigenvalue weighted by molar-refractivity contribution is 6.03. The lowest BCUT2D eigenvalue weighted by Crippen LogP contribution is -2.42. The van der Waals surface area contributed by atoms with Crippen LogP contribution in [-0.4, -0.2) is 36.8 Å². The number of benzene rings is 2. The molecule has 1 aromatic heterocycles. The third-order valence-corrected chi connectivity index (χ3v) is 7.50. The number of carbonyl (C=O) groups is 2. The van der Waals surface area contributed by atoms with E-state index >= 15 is 0 Å². The fourth-order valence-electron chi connectivity index (χ4n) is 4.98. The summed E-state index contributed by atoms with van der Waals surface area (Å²) in [4.78, 5) is 33.1. The molecule has 0 N–H and O–H groups in total. The number of likely N-dealkylation sites (N-methyl/N-ethyl adjacent to an activating group) is 1. The third kappa shape index (κ3) is 6.27. The average molecular weight is 596 g/mol. The van der Waals surface area contributed by atoms with Crippen LogP contribution in [0.1, 0.15) is 48.9 Å². The molecule has 0 saturated carbocycles. The van der Waals surface area contributed by atoms with Gasteiger partial charge in [-0.15, -0.1) is 0 Å². The molecule has 1 amide bonds. The van der Waals surface area contributed by atoms with E-state index in [4.69, 9.17) is 0 Å². The van der Waals surface area contributed by atoms with E-state index in [1.54, 1.807) is 13.0 Å². The van der Waals surface area contributed by atoms with E-state index in [1.807, 2.05) is 4.90 Å². The van der Waals surface area contributed by atoms with E-state index in [2.05, 4.69) is 4.98 Å². The van der Waals surface area contributed by atoms with Gasteiger partial charge in [-0.1, -0.05) is 6.07 Å². The van der Waals surface area contributed by atoms with Crippen molar-refractivity contribution in [2.75, 3.05) is 29.9 Å². The summed E-state index contributed by atoms with van der Waals surface area (Å²) in [6, 6.07) is 6.83. The Hall–Kier alpha value is -3.96. The molecule has 0 aliphatic carbocycles. The van der Waals surface area contributed by atoms with Crippen molar-refractivity contribution in [3.8, 4) is 11.1 Å². The van der Waals surface area contributed by atoms with Crippen LogP contribution in [0, 0.1) is 12.7 Å². The Morgan fingerprint density at radius 3 is 1.93 bits per heavy atom. The summed E-state index contributed by atoms with van der Waals surface area (Å²) in [6.45, 7) is 5.00. The van der Waals surface area contributed by atoms with Crippen molar-refractivity contribution in [3.63, 3.8) is 0 Å². The zero-order valence-electron chi connectivity index (χ0n) is 23.3. The van der Waals surface area contributed by atoms with Gasteiger partial charge in [-0.25, -0.2) is 9.37 Å². The number of halogens is 7. The Morgan fingerprint density at radius 1 is 0.857 bits per heavy atom. The summed E-state index contributed by atoms with van der Waals surface area (Å²) < 4.78 is 95.2. The molecule has 0 bridgehead atoms. The van der Waals surface area contributed by atoms with E-state index in [0.717, 1.165) is 4.90 Å². The number of aromatic nitrogens is 1. The van der Waals surface area contributed by atoms with Crippen LogP contribution in [0.5, 0.6) is 0 Å². The van der Waals surface area contributed by atoms with Crippen LogP contribution in [0.3, 0.4) is 0 Å². The van der Waals surface area contributed by atoms with Crippen molar-refractivity contribution in [3.05, 3.63) is 76.7 Å². The van der Waals surface area contributed by atoms with Crippen LogP contribution < -0.4 is 9.80 Å². The monoisotopic (exact) mass is 595 g/mol. The second-order valence-electron chi connectivity index (χ2n) is 10.8. The first kappa shape index (κ1) is 31.0. The van der Waals surface area contributed by atoms with E-state index in [1.165, 1.54) is 45.3 Å². The molecule has 0 spiro atoms. The van der Waals surface area contributed by atoms with Crippen molar-refractivity contribution in [1.29, 1.82) is 0 Å². The zero-order valence-corrected chi connectivity index (χ0v) is 23.3. The van der Waals surface area contributed by atoms with Gasteiger partial charge in [0, 0.05) is 38.5 Å². The second kappa shape index (κ2) is 11.0. The van der Waals surface area contributed by atoms with Crippen LogP contribution in [0.4, 0.5) is 42.2 Å². The first-order chi connectivity index (χ1) is 19.4. The van der Waals surface area contributed by atoms with Crippen molar-refractivity contribution >= 4 is 23.2 Å². The van der Waals surface area contributed by atoms with Gasteiger partial charge in [0.1, 0.15) is 17.4 Å². The van der Waals surface area contributed by atoms with Gasteiger partial charge in [0.15, 0.2) is 0 Å². The number of amides is 1. The summed E-state index contributed by atoms with van der Waals surface area (Å²) in [5.41, 5.74) is -3.63. The van der Waals surface area contributed by atoms with E-state index < -0.39 is 46.2 Å². The van der Waals surface area contributed by atoms with Crippen LogP contribution >= 0.6 is 0 Å². The van der Waals surface area contributed by atoms with Gasteiger partial charge in [-0.3, -0.25) is 9.59 Å². The van der Waals surface area contributed by atoms with E-state index in [-0.39, 0.29) is 17.5 Å². The van der Waals surface area contributed by atoms with Crippen LogP contribution in [0.15, 0.2) is 48.7 Å². The number of Topliss-reactive ketones (excluding diaryl/α,β-unsaturated/α-hetero) is 1. The fourth-order valence-corrected chi connectivity index (χ4v) is 4.98. The van der Waals surface area contributed by atoms with Gasteiger partial charge < -0.3 is 9.80 Å². The lowest BCUT2D eigenvalue weighted by molar-refractivity contribution is -0.143. The quantitative estimate of drug-likeness (QED) is 0.290. The highest BCUT2D eigenvalue weighted by Crippen LogP contribution is 2.41. The summed E-state index contributed by atoms with van der Waals surface area (Å²) in [6.07, 6.45) is -8.11. The molecule has 0 unspecified atom stereocenters. The Labute approximate surface area is 238 Å². The molecule has 0 radical (unpaired) electrons. The molecular formula is C30H28F7N3O2. The molecule has 0 atom stereocenters. The Morgan fingerprint density at radius 2 is 1.40 bits per heavy atom. The number of pyridine rings is 1. The van der Waals surface area contributed by atoms with E-state index in [9.17, 15) is 40.3 Å². The molecule has 3 aromatic rings. The van der Waals surface area contributed by atoms with Crippen LogP contribution in [0.2, 0.25) is 0 Å². The van der Waals surface area contributed by atoms with Crippen molar-refractivity contribution in [2.45, 2.75) is 51.4 Å². The second-order valence-corrected chi connectivity index (χ2v) is 10.8. The molecule has 224 valence electrons. The first-order valence-corrected chi connectivity index (χ1v) is 13.0. The minimum Gasteiger partial charge on any atom is -0.356 e. The van der Waals surface area contributed by atoms with Gasteiger partial charge in [-0.2, -0.15) is 26.3 Å². The normalized spacial score (nSPS) is 14.7. The lowest BCUT2D eigenvalue weighted by atomic mass is 9.81. The molecule has 4 rings (SSSR count). The molecule has 1 aliphatic heterocycles. The standard InChI is InChI=1S/C30H28F7N3O2/c1-17-11-21(31)5-6-23(17)24-15-26(40-9-7-22(41)8-10-40)38-16-25(24)39(4)27(42)28(2,3)18-12-19(29(32,33)34)14-20(13-18)30(35,36)37/h5-6,11-16H,7-10H2,1-4H3. The lowest BCUT2D eigenvalue weighted by Gasteiger charge is -2.33. The Bertz CT molecular complexity index is 1490. The van der Waals surface area contributed by atoms with Gasteiger partial charge in [-0.05, 0) is 73.9 Å². The topological polar surface area (TPSA) is 53.5 Å². The molecule has 2 aromatic carbocycles. The molecule has 1 fully saturated rings. The summed E-state index contributed by atoms with van der Waals surface area (Å²) >= 11 is 0. The minimum absolute atomic E-state index is 0.0139. The number of aryl methyl sites for hydroxylation is 1. The highest BCUT2D eigenvalue weighted by atomic mass is 19.4. The predicted octanol–water partition coefficient (Wildman–Crippen LogP) is 7.34. The number of hydrogen-bond donors (Lipinski definition) is 0. The highest BCUT2D eigenvalue weighted by Gasteiger charge is 2.41. The minimum atomic E-state index is -5.08. The molecular weight excluding hydrogens is 567 g/mol. The maximum Gasteiger partial charge on any atom is 0.416 e. The molecule has 5 nitrogen and oxygen atoms in total. The van der Waals surface area contributed by atoms with Gasteiger partial charge in [0.05, 0.1) is 28.4 Å². The first-order valence-electron chi connectivity index (χ1n) is 13.0. The molecule has 1 saturated heterocycles. The molecule has 42 heavy (non-hydrogen) atoms. The molecule has 1 aliphatic rings. The number of nitrogens with zero attached hydrogens (tertiary/aromatic N) is 3. The number of hydrogen-bond acceptors (Lipinski definition) is 4. The maximum atomic E-state index is 14.0. The van der Waals surface area contributed by atoms with E-state index in [0.29, 0.717) is 60.6 Å². The van der Waals surface area contributed by atoms with Crippen LogP contribution in [-0.2, 0) is 27.4 Å². The smallest absolute Gasteiger partial charge is 0.356 e. The Kier molecular flexibility index (Phi) is 8.14. The van der Waals surface area contributed by atoms with Crippen molar-refractivity contribution in [1.82, 2.24) is 4.98 Å². The van der Waals surface area contributed by atoms with Crippen molar-refractivity contribution < 1.29 is 40.3 Å². The number of carbonyl (C=O) groups excluding carboxylic acids is 2. The van der Waals surface area contributed by atoms with Gasteiger partial charge in [0.25, 0.3) is 0 Å². The summed E-state index contributed by atoms with van der Waals surface area (Å²) in [7, 11) is 1.35. The zero-order chi connectivity index (χ0) is 31.2. The number of rotatable bonds is 5. The SMILES string of the molecule is Cc1cc(F)ccc1-c1cc(N2CCC(=O)CC2)ncc1N(C)C(=O)C(C)(C)c1cc(C(F)(F)F)cc(C(F)(F)F)c1. The fraction of sp³-hybridized carbons (Fsp3) is 0.367.